The van der Waals surface area contributed by atoms with E-state index in [1.807, 2.05) is 13.8 Å². The van der Waals surface area contributed by atoms with Gasteiger partial charge in [-0.15, -0.1) is 0 Å². The van der Waals surface area contributed by atoms with E-state index >= 15 is 0 Å². The Morgan fingerprint density at radius 2 is 2.17 bits per heavy atom. The molecule has 0 aromatic rings. The Bertz CT molecular complexity index is 137. The van der Waals surface area contributed by atoms with Gasteiger partial charge in [-0.3, -0.25) is 10.1 Å². The Labute approximate surface area is 71.6 Å². The van der Waals surface area contributed by atoms with Crippen LogP contribution in [0.2, 0.25) is 0 Å². The third-order valence-electron chi connectivity index (χ3n) is 1.41. The second kappa shape index (κ2) is 5.93. The van der Waals surface area contributed by atoms with Gasteiger partial charge in [0.15, 0.2) is 0 Å². The fourth-order valence-corrected chi connectivity index (χ4v) is 0.791. The van der Waals surface area contributed by atoms with Crippen LogP contribution >= 0.6 is 0 Å². The van der Waals surface area contributed by atoms with Crippen LogP contribution in [0, 0.1) is 5.92 Å². The summed E-state index contributed by atoms with van der Waals surface area (Å²) in [5.74, 6) is -0.868. The summed E-state index contributed by atoms with van der Waals surface area (Å²) >= 11 is 0. The first-order valence-electron chi connectivity index (χ1n) is 3.71. The van der Waals surface area contributed by atoms with Crippen molar-refractivity contribution in [1.82, 2.24) is 5.32 Å². The Kier molecular flexibility index (Phi) is 5.61. The van der Waals surface area contributed by atoms with E-state index in [2.05, 4.69) is 15.1 Å². The minimum absolute atomic E-state index is 0.0166. The molecule has 0 amide bonds. The van der Waals surface area contributed by atoms with Crippen molar-refractivity contribution < 1.29 is 19.7 Å². The number of carbonyl (C=O) groups is 1. The topological polar surface area (TPSA) is 67.8 Å². The SMILES string of the molecule is COOCNC(C(=O)O)C(C)C. The monoisotopic (exact) mass is 177 g/mol. The molecule has 2 N–H and O–H groups in total. The van der Waals surface area contributed by atoms with Crippen molar-refractivity contribution in [2.45, 2.75) is 19.9 Å². The summed E-state index contributed by atoms with van der Waals surface area (Å²) in [5, 5.41) is 11.4. The lowest BCUT2D eigenvalue weighted by atomic mass is 10.1. The van der Waals surface area contributed by atoms with Crippen molar-refractivity contribution in [3.63, 3.8) is 0 Å². The number of carboxylic acid groups (broad SMARTS) is 1. The van der Waals surface area contributed by atoms with E-state index in [4.69, 9.17) is 5.11 Å². The van der Waals surface area contributed by atoms with E-state index in [1.54, 1.807) is 0 Å². The molecule has 0 aliphatic carbocycles. The molecule has 0 aliphatic heterocycles. The molecule has 72 valence electrons. The quantitative estimate of drug-likeness (QED) is 0.263. The Hall–Kier alpha value is -0.650. The zero-order valence-corrected chi connectivity index (χ0v) is 7.53. The number of carboxylic acids is 1. The van der Waals surface area contributed by atoms with Gasteiger partial charge in [0.25, 0.3) is 0 Å². The molecule has 1 atom stereocenters. The Morgan fingerprint density at radius 1 is 1.58 bits per heavy atom. The Morgan fingerprint density at radius 3 is 2.50 bits per heavy atom. The van der Waals surface area contributed by atoms with Crippen LogP contribution in [0.5, 0.6) is 0 Å². The summed E-state index contributed by atoms with van der Waals surface area (Å²) in [4.78, 5) is 19.4. The molecule has 5 heteroatoms. The van der Waals surface area contributed by atoms with Gasteiger partial charge in [0, 0.05) is 0 Å². The molecule has 1 unspecified atom stereocenters. The van der Waals surface area contributed by atoms with E-state index in [-0.39, 0.29) is 12.6 Å². The molecule has 0 saturated heterocycles. The average Bonchev–Trinajstić information content (AvgIpc) is 1.96. The van der Waals surface area contributed by atoms with Gasteiger partial charge in [-0.1, -0.05) is 13.8 Å². The lowest BCUT2D eigenvalue weighted by molar-refractivity contribution is -0.278. The number of hydrogen-bond acceptors (Lipinski definition) is 4. The molecule has 0 spiro atoms. The van der Waals surface area contributed by atoms with Crippen LogP contribution in [0.25, 0.3) is 0 Å². The van der Waals surface area contributed by atoms with E-state index in [0.717, 1.165) is 0 Å². The molecular formula is C7H15NO4. The standard InChI is InChI=1S/C7H15NO4/c1-5(2)6(7(9)10)8-4-12-11-3/h5-6,8H,4H2,1-3H3,(H,9,10). The normalized spacial score (nSPS) is 13.3. The van der Waals surface area contributed by atoms with Gasteiger partial charge in [-0.25, -0.2) is 9.78 Å². The number of aliphatic carboxylic acids is 1. The predicted molar refractivity (Wildman–Crippen MR) is 42.4 cm³/mol. The molecule has 0 aliphatic rings. The van der Waals surface area contributed by atoms with E-state index in [9.17, 15) is 4.79 Å². The largest absolute Gasteiger partial charge is 0.480 e. The van der Waals surface area contributed by atoms with Crippen LogP contribution in [0.1, 0.15) is 13.8 Å². The maximum Gasteiger partial charge on any atom is 0.321 e. The summed E-state index contributed by atoms with van der Waals surface area (Å²) in [7, 11) is 1.37. The van der Waals surface area contributed by atoms with Gasteiger partial charge in [0.2, 0.25) is 0 Å². The van der Waals surface area contributed by atoms with Crippen molar-refractivity contribution in [3.8, 4) is 0 Å². The van der Waals surface area contributed by atoms with Gasteiger partial charge < -0.3 is 5.11 Å². The highest BCUT2D eigenvalue weighted by Crippen LogP contribution is 2.00. The Balaban J connectivity index is 3.72. The lowest BCUT2D eigenvalue weighted by Crippen LogP contribution is -2.41. The van der Waals surface area contributed by atoms with Crippen molar-refractivity contribution in [1.29, 1.82) is 0 Å². The summed E-state index contributed by atoms with van der Waals surface area (Å²) in [6.45, 7) is 3.71. The first kappa shape index (κ1) is 11.4. The number of rotatable bonds is 6. The molecule has 0 aromatic carbocycles. The molecule has 0 saturated carbocycles. The first-order chi connectivity index (χ1) is 5.59. The van der Waals surface area contributed by atoms with Crippen molar-refractivity contribution in [2.75, 3.05) is 13.8 Å². The first-order valence-corrected chi connectivity index (χ1v) is 3.71. The maximum absolute atomic E-state index is 10.6. The third kappa shape index (κ3) is 4.27. The lowest BCUT2D eigenvalue weighted by Gasteiger charge is -2.16. The van der Waals surface area contributed by atoms with Gasteiger partial charge in [-0.2, -0.15) is 0 Å². The van der Waals surface area contributed by atoms with Crippen molar-refractivity contribution in [2.24, 2.45) is 5.92 Å². The van der Waals surface area contributed by atoms with Gasteiger partial charge in [-0.05, 0) is 5.92 Å². The van der Waals surface area contributed by atoms with Crippen LogP contribution in [0.3, 0.4) is 0 Å². The molecule has 0 bridgehead atoms. The summed E-state index contributed by atoms with van der Waals surface area (Å²) < 4.78 is 0. The van der Waals surface area contributed by atoms with Crippen LogP contribution in [0.15, 0.2) is 0 Å². The average molecular weight is 177 g/mol. The second-order valence-electron chi connectivity index (χ2n) is 2.69. The molecular weight excluding hydrogens is 162 g/mol. The highest BCUT2D eigenvalue weighted by molar-refractivity contribution is 5.73. The fourth-order valence-electron chi connectivity index (χ4n) is 0.791. The molecule has 0 rings (SSSR count). The van der Waals surface area contributed by atoms with Crippen LogP contribution in [0.4, 0.5) is 0 Å². The minimum atomic E-state index is -0.885. The highest BCUT2D eigenvalue weighted by Gasteiger charge is 2.20. The van der Waals surface area contributed by atoms with Gasteiger partial charge in [0.1, 0.15) is 12.8 Å². The molecule has 0 aromatic heterocycles. The third-order valence-corrected chi connectivity index (χ3v) is 1.41. The molecule has 0 radical (unpaired) electrons. The van der Waals surface area contributed by atoms with Crippen LogP contribution < -0.4 is 5.32 Å². The number of hydrogen-bond donors (Lipinski definition) is 2. The maximum atomic E-state index is 10.6. The van der Waals surface area contributed by atoms with Crippen LogP contribution in [-0.2, 0) is 14.6 Å². The zero-order valence-electron chi connectivity index (χ0n) is 7.53. The van der Waals surface area contributed by atoms with E-state index in [1.165, 1.54) is 7.11 Å². The fraction of sp³-hybridized carbons (Fsp3) is 0.857. The van der Waals surface area contributed by atoms with E-state index in [0.29, 0.717) is 0 Å². The molecule has 0 fully saturated rings. The zero-order chi connectivity index (χ0) is 9.56. The highest BCUT2D eigenvalue weighted by atomic mass is 17.2. The second-order valence-corrected chi connectivity index (χ2v) is 2.69. The number of nitrogens with one attached hydrogen (secondary N) is 1. The van der Waals surface area contributed by atoms with Crippen molar-refractivity contribution in [3.05, 3.63) is 0 Å². The predicted octanol–water partition coefficient (Wildman–Crippen LogP) is 0.221. The van der Waals surface area contributed by atoms with E-state index < -0.39 is 12.0 Å². The summed E-state index contributed by atoms with van der Waals surface area (Å²) in [5.41, 5.74) is 0. The minimum Gasteiger partial charge on any atom is -0.480 e. The smallest absolute Gasteiger partial charge is 0.321 e. The van der Waals surface area contributed by atoms with Gasteiger partial charge in [0.05, 0.1) is 7.11 Å². The van der Waals surface area contributed by atoms with Gasteiger partial charge >= 0.3 is 5.97 Å². The molecule has 0 heterocycles. The van der Waals surface area contributed by atoms with Crippen molar-refractivity contribution >= 4 is 5.97 Å². The summed E-state index contributed by atoms with van der Waals surface area (Å²) in [6.07, 6.45) is 0. The molecule has 5 nitrogen and oxygen atoms in total. The summed E-state index contributed by atoms with van der Waals surface area (Å²) in [6, 6.07) is -0.597. The molecule has 12 heavy (non-hydrogen) atoms. The van der Waals surface area contributed by atoms with Crippen LogP contribution in [-0.4, -0.2) is 31.0 Å².